The van der Waals surface area contributed by atoms with Gasteiger partial charge in [-0.3, -0.25) is 4.79 Å². The second-order valence-corrected chi connectivity index (χ2v) is 4.84. The first-order valence-corrected chi connectivity index (χ1v) is 5.89. The Bertz CT molecular complexity index is 458. The first-order chi connectivity index (χ1) is 8.47. The standard InChI is InChI=1S/C13H16FNO3/c1-15(7-8-4-10(16)5-8)13(18)11-3-2-9(14)6-12(11)17/h2-3,6,8,10,16-17H,4-5,7H2,1H3. The molecule has 1 saturated carbocycles. The molecule has 0 unspecified atom stereocenters. The normalized spacial score (nSPS) is 22.4. The van der Waals surface area contributed by atoms with E-state index >= 15 is 0 Å². The number of phenols is 1. The number of carbonyl (C=O) groups is 1. The van der Waals surface area contributed by atoms with E-state index in [1.165, 1.54) is 11.0 Å². The fraction of sp³-hybridized carbons (Fsp3) is 0.462. The second kappa shape index (κ2) is 4.94. The molecule has 1 aromatic rings. The van der Waals surface area contributed by atoms with E-state index < -0.39 is 5.82 Å². The fourth-order valence-electron chi connectivity index (χ4n) is 2.21. The summed E-state index contributed by atoms with van der Waals surface area (Å²) in [6, 6.07) is 3.35. The smallest absolute Gasteiger partial charge is 0.257 e. The molecular formula is C13H16FNO3. The number of hydrogen-bond donors (Lipinski definition) is 2. The molecule has 1 fully saturated rings. The van der Waals surface area contributed by atoms with Gasteiger partial charge >= 0.3 is 0 Å². The Morgan fingerprint density at radius 1 is 1.50 bits per heavy atom. The summed E-state index contributed by atoms with van der Waals surface area (Å²) in [7, 11) is 1.63. The molecule has 0 aromatic heterocycles. The van der Waals surface area contributed by atoms with Gasteiger partial charge in [-0.05, 0) is 30.9 Å². The van der Waals surface area contributed by atoms with Crippen molar-refractivity contribution in [1.82, 2.24) is 4.90 Å². The molecule has 0 heterocycles. The highest BCUT2D eigenvalue weighted by Crippen LogP contribution is 2.28. The Morgan fingerprint density at radius 2 is 2.17 bits per heavy atom. The first kappa shape index (κ1) is 12.8. The SMILES string of the molecule is CN(CC1CC(O)C1)C(=O)c1ccc(F)cc1O. The Kier molecular flexibility index (Phi) is 3.52. The number of rotatable bonds is 3. The minimum atomic E-state index is -0.575. The molecule has 2 rings (SSSR count). The maximum atomic E-state index is 12.8. The Balaban J connectivity index is 2.01. The summed E-state index contributed by atoms with van der Waals surface area (Å²) >= 11 is 0. The molecule has 0 aliphatic heterocycles. The molecule has 4 nitrogen and oxygen atoms in total. The van der Waals surface area contributed by atoms with Gasteiger partial charge < -0.3 is 15.1 Å². The maximum absolute atomic E-state index is 12.8. The van der Waals surface area contributed by atoms with Crippen LogP contribution in [0.25, 0.3) is 0 Å². The van der Waals surface area contributed by atoms with Gasteiger partial charge in [-0.1, -0.05) is 0 Å². The average Bonchev–Trinajstić information content (AvgIpc) is 2.26. The Labute approximate surface area is 105 Å². The van der Waals surface area contributed by atoms with Gasteiger partial charge in [-0.25, -0.2) is 4.39 Å². The Hall–Kier alpha value is -1.62. The van der Waals surface area contributed by atoms with Crippen LogP contribution in [0.1, 0.15) is 23.2 Å². The third-order valence-electron chi connectivity index (χ3n) is 3.28. The largest absolute Gasteiger partial charge is 0.507 e. The molecule has 0 saturated heterocycles. The monoisotopic (exact) mass is 253 g/mol. The topological polar surface area (TPSA) is 60.8 Å². The molecule has 0 atom stereocenters. The molecule has 5 heteroatoms. The number of halogens is 1. The highest BCUT2D eigenvalue weighted by molar-refractivity contribution is 5.96. The molecule has 1 amide bonds. The van der Waals surface area contributed by atoms with E-state index in [2.05, 4.69) is 0 Å². The zero-order valence-corrected chi connectivity index (χ0v) is 10.1. The average molecular weight is 253 g/mol. The van der Waals surface area contributed by atoms with Crippen LogP contribution in [0.2, 0.25) is 0 Å². The molecule has 18 heavy (non-hydrogen) atoms. The number of benzene rings is 1. The van der Waals surface area contributed by atoms with E-state index in [1.807, 2.05) is 0 Å². The van der Waals surface area contributed by atoms with Gasteiger partial charge in [0.1, 0.15) is 11.6 Å². The van der Waals surface area contributed by atoms with Crippen LogP contribution in [-0.4, -0.2) is 40.7 Å². The van der Waals surface area contributed by atoms with Crippen LogP contribution in [0.3, 0.4) is 0 Å². The second-order valence-electron chi connectivity index (χ2n) is 4.84. The summed E-state index contributed by atoms with van der Waals surface area (Å²) in [6.45, 7) is 0.534. The summed E-state index contributed by atoms with van der Waals surface area (Å²) in [4.78, 5) is 13.5. The van der Waals surface area contributed by atoms with E-state index in [4.69, 9.17) is 0 Å². The van der Waals surface area contributed by atoms with Crippen molar-refractivity contribution in [2.75, 3.05) is 13.6 Å². The lowest BCUT2D eigenvalue weighted by atomic mass is 9.82. The van der Waals surface area contributed by atoms with Crippen LogP contribution in [0.4, 0.5) is 4.39 Å². The lowest BCUT2D eigenvalue weighted by Crippen LogP contribution is -2.39. The predicted octanol–water partition coefficient (Wildman–Crippen LogP) is 1.37. The summed E-state index contributed by atoms with van der Waals surface area (Å²) in [5.74, 6) is -0.959. The van der Waals surface area contributed by atoms with Crippen LogP contribution in [0, 0.1) is 11.7 Å². The molecule has 0 spiro atoms. The van der Waals surface area contributed by atoms with Crippen molar-refractivity contribution in [2.24, 2.45) is 5.92 Å². The summed E-state index contributed by atoms with van der Waals surface area (Å²) < 4.78 is 12.8. The highest BCUT2D eigenvalue weighted by atomic mass is 19.1. The third kappa shape index (κ3) is 2.61. The molecule has 0 bridgehead atoms. The van der Waals surface area contributed by atoms with Crippen LogP contribution in [0.5, 0.6) is 5.75 Å². The quantitative estimate of drug-likeness (QED) is 0.855. The molecule has 98 valence electrons. The molecule has 2 N–H and O–H groups in total. The van der Waals surface area contributed by atoms with Crippen LogP contribution in [0.15, 0.2) is 18.2 Å². The number of phenolic OH excluding ortho intramolecular Hbond substituents is 1. The number of aliphatic hydroxyl groups excluding tert-OH is 1. The maximum Gasteiger partial charge on any atom is 0.257 e. The van der Waals surface area contributed by atoms with Gasteiger partial charge in [0.05, 0.1) is 11.7 Å². The van der Waals surface area contributed by atoms with E-state index in [0.29, 0.717) is 25.3 Å². The van der Waals surface area contributed by atoms with Crippen molar-refractivity contribution in [2.45, 2.75) is 18.9 Å². The summed E-state index contributed by atoms with van der Waals surface area (Å²) in [5.41, 5.74) is 0.0961. The van der Waals surface area contributed by atoms with E-state index in [-0.39, 0.29) is 23.3 Å². The fourth-order valence-corrected chi connectivity index (χ4v) is 2.21. The van der Waals surface area contributed by atoms with Crippen molar-refractivity contribution in [3.63, 3.8) is 0 Å². The molecule has 1 aromatic carbocycles. The number of carbonyl (C=O) groups excluding carboxylic acids is 1. The third-order valence-corrected chi connectivity index (χ3v) is 3.28. The van der Waals surface area contributed by atoms with Gasteiger partial charge in [0.15, 0.2) is 0 Å². The van der Waals surface area contributed by atoms with Crippen molar-refractivity contribution < 1.29 is 19.4 Å². The van der Waals surface area contributed by atoms with Crippen LogP contribution >= 0.6 is 0 Å². The minimum Gasteiger partial charge on any atom is -0.507 e. The molecule has 1 aliphatic rings. The van der Waals surface area contributed by atoms with Crippen molar-refractivity contribution >= 4 is 5.91 Å². The van der Waals surface area contributed by atoms with E-state index in [1.54, 1.807) is 7.05 Å². The lowest BCUT2D eigenvalue weighted by Gasteiger charge is -2.34. The minimum absolute atomic E-state index is 0.0961. The van der Waals surface area contributed by atoms with E-state index in [0.717, 1.165) is 12.1 Å². The number of nitrogens with zero attached hydrogens (tertiary/aromatic N) is 1. The van der Waals surface area contributed by atoms with Gasteiger partial charge in [-0.2, -0.15) is 0 Å². The zero-order chi connectivity index (χ0) is 13.3. The number of aliphatic hydroxyl groups is 1. The molecule has 1 aliphatic carbocycles. The van der Waals surface area contributed by atoms with E-state index in [9.17, 15) is 19.4 Å². The summed E-state index contributed by atoms with van der Waals surface area (Å²) in [6.07, 6.45) is 1.15. The lowest BCUT2D eigenvalue weighted by molar-refractivity contribution is 0.0264. The van der Waals surface area contributed by atoms with Crippen molar-refractivity contribution in [3.05, 3.63) is 29.6 Å². The highest BCUT2D eigenvalue weighted by Gasteiger charge is 2.29. The van der Waals surface area contributed by atoms with Gasteiger partial charge in [0.2, 0.25) is 0 Å². The Morgan fingerprint density at radius 3 is 2.72 bits per heavy atom. The predicted molar refractivity (Wildman–Crippen MR) is 63.8 cm³/mol. The van der Waals surface area contributed by atoms with Gasteiger partial charge in [-0.15, -0.1) is 0 Å². The zero-order valence-electron chi connectivity index (χ0n) is 10.1. The van der Waals surface area contributed by atoms with Crippen molar-refractivity contribution in [1.29, 1.82) is 0 Å². The number of aromatic hydroxyl groups is 1. The van der Waals surface area contributed by atoms with Crippen LogP contribution < -0.4 is 0 Å². The van der Waals surface area contributed by atoms with Gasteiger partial charge in [0.25, 0.3) is 5.91 Å². The summed E-state index contributed by atoms with van der Waals surface area (Å²) in [5, 5.41) is 18.7. The molecule has 0 radical (unpaired) electrons. The number of hydrogen-bond acceptors (Lipinski definition) is 3. The van der Waals surface area contributed by atoms with Crippen molar-refractivity contribution in [3.8, 4) is 5.75 Å². The van der Waals surface area contributed by atoms with Gasteiger partial charge in [0, 0.05) is 19.7 Å². The van der Waals surface area contributed by atoms with Crippen LogP contribution in [-0.2, 0) is 0 Å². The molecular weight excluding hydrogens is 237 g/mol. The first-order valence-electron chi connectivity index (χ1n) is 5.89. The number of amides is 1.